The van der Waals surface area contributed by atoms with Crippen LogP contribution in [0.25, 0.3) is 0 Å². The van der Waals surface area contributed by atoms with E-state index in [-0.39, 0.29) is 30.4 Å². The van der Waals surface area contributed by atoms with Gasteiger partial charge >= 0.3 is 12.2 Å². The highest BCUT2D eigenvalue weighted by atomic mass is 19.1. The van der Waals surface area contributed by atoms with E-state index >= 15 is 0 Å². The van der Waals surface area contributed by atoms with Crippen LogP contribution in [0.4, 0.5) is 20.7 Å². The molecular weight excluding hydrogens is 575 g/mol. The van der Waals surface area contributed by atoms with E-state index in [1.54, 1.807) is 6.21 Å². The summed E-state index contributed by atoms with van der Waals surface area (Å²) in [4.78, 5) is 37.1. The lowest BCUT2D eigenvalue weighted by atomic mass is 9.94. The molecule has 2 aliphatic heterocycles. The SMILES string of the molecule is C#C[C@@]1(COC(=O)OCCCCCCCCCCCC)CC[C@H](C2C=Nc3c(nc(F)nc3NC(=O)CCCCCC)CC2)O1. The van der Waals surface area contributed by atoms with Crippen molar-refractivity contribution in [2.45, 2.75) is 148 Å². The molecule has 0 radical (unpaired) electrons. The smallest absolute Gasteiger partial charge is 0.434 e. The maximum Gasteiger partial charge on any atom is 0.508 e. The van der Waals surface area contributed by atoms with Crippen LogP contribution in [0.5, 0.6) is 0 Å². The Morgan fingerprint density at radius 1 is 0.978 bits per heavy atom. The van der Waals surface area contributed by atoms with Gasteiger partial charge < -0.3 is 19.5 Å². The minimum absolute atomic E-state index is 0.0879. The van der Waals surface area contributed by atoms with Gasteiger partial charge in [0.1, 0.15) is 12.3 Å². The number of fused-ring (bicyclic) bond motifs is 1. The molecule has 1 aromatic rings. The number of aromatic nitrogens is 2. The number of halogens is 1. The average molecular weight is 629 g/mol. The predicted molar refractivity (Wildman–Crippen MR) is 174 cm³/mol. The molecule has 1 amide bonds. The first-order chi connectivity index (χ1) is 21.9. The Kier molecular flexibility index (Phi) is 16.3. The van der Waals surface area contributed by atoms with Crippen molar-refractivity contribution in [2.75, 3.05) is 18.5 Å². The third kappa shape index (κ3) is 12.7. The molecule has 250 valence electrons. The fourth-order valence-electron chi connectivity index (χ4n) is 5.91. The molecule has 0 bridgehead atoms. The van der Waals surface area contributed by atoms with Gasteiger partial charge in [0.15, 0.2) is 11.4 Å². The molecule has 9 nitrogen and oxygen atoms in total. The molecule has 3 heterocycles. The molecule has 10 heteroatoms. The first-order valence-corrected chi connectivity index (χ1v) is 17.2. The van der Waals surface area contributed by atoms with Crippen molar-refractivity contribution in [3.05, 3.63) is 11.8 Å². The highest BCUT2D eigenvalue weighted by Crippen LogP contribution is 2.38. The number of hydrogen-bond acceptors (Lipinski definition) is 8. The summed E-state index contributed by atoms with van der Waals surface area (Å²) in [7, 11) is 0. The lowest BCUT2D eigenvalue weighted by molar-refractivity contribution is -0.116. The normalized spacial score (nSPS) is 20.7. The van der Waals surface area contributed by atoms with Crippen LogP contribution >= 0.6 is 0 Å². The van der Waals surface area contributed by atoms with E-state index < -0.39 is 17.8 Å². The first kappa shape index (κ1) is 36.4. The third-order valence-electron chi connectivity index (χ3n) is 8.64. The van der Waals surface area contributed by atoms with Gasteiger partial charge in [-0.15, -0.1) is 6.42 Å². The van der Waals surface area contributed by atoms with E-state index in [4.69, 9.17) is 20.6 Å². The zero-order valence-corrected chi connectivity index (χ0v) is 27.4. The van der Waals surface area contributed by atoms with Crippen molar-refractivity contribution in [1.29, 1.82) is 0 Å². The summed E-state index contributed by atoms with van der Waals surface area (Å²) in [5.41, 5.74) is -0.232. The third-order valence-corrected chi connectivity index (χ3v) is 8.64. The highest BCUT2D eigenvalue weighted by Gasteiger charge is 2.43. The van der Waals surface area contributed by atoms with Crippen LogP contribution in [0.3, 0.4) is 0 Å². The molecule has 1 N–H and O–H groups in total. The zero-order chi connectivity index (χ0) is 32.3. The lowest BCUT2D eigenvalue weighted by Crippen LogP contribution is -2.36. The molecule has 0 aromatic carbocycles. The molecular formula is C35H53FN4O5. The number of carbonyl (C=O) groups is 2. The summed E-state index contributed by atoms with van der Waals surface area (Å²) in [6.07, 6.45) is 24.2. The van der Waals surface area contributed by atoms with Crippen LogP contribution in [0.1, 0.15) is 135 Å². The van der Waals surface area contributed by atoms with E-state index in [0.717, 1.165) is 44.9 Å². The molecule has 1 unspecified atom stereocenters. The number of terminal acetylenes is 1. The molecule has 45 heavy (non-hydrogen) atoms. The van der Waals surface area contributed by atoms with Crippen LogP contribution in [-0.2, 0) is 25.4 Å². The summed E-state index contributed by atoms with van der Waals surface area (Å²) >= 11 is 0. The standard InChI is InChI=1S/C35H53FN4O5/c1-4-7-9-11-12-13-14-15-16-18-24-43-34(42)44-26-35(6-3)23-22-29(45-35)27-20-21-28-31(37-25-27)32(40-33(36)38-28)39-30(41)19-17-10-8-5-2/h3,25,27,29H,4-5,7-24,26H2,1-2H3,(H,38,39,40,41)/t27?,29-,35+/m1/s1. The van der Waals surface area contributed by atoms with Gasteiger partial charge in [0.2, 0.25) is 5.91 Å². The number of nitrogens with zero attached hydrogens (tertiary/aromatic N) is 3. The molecule has 0 saturated carbocycles. The summed E-state index contributed by atoms with van der Waals surface area (Å²) in [5.74, 6) is 2.43. The average Bonchev–Trinajstić information content (AvgIpc) is 3.34. The van der Waals surface area contributed by atoms with Gasteiger partial charge in [0.05, 0.1) is 18.4 Å². The number of aliphatic imine (C=N–C) groups is 1. The number of unbranched alkanes of at least 4 members (excludes halogenated alkanes) is 12. The number of rotatable bonds is 20. The second-order valence-electron chi connectivity index (χ2n) is 12.4. The minimum atomic E-state index is -1.05. The Hall–Kier alpha value is -3.06. The van der Waals surface area contributed by atoms with Gasteiger partial charge in [-0.1, -0.05) is 96.8 Å². The number of aryl methyl sites for hydroxylation is 1. The number of ether oxygens (including phenoxy) is 3. The monoisotopic (exact) mass is 628 g/mol. The van der Waals surface area contributed by atoms with Crippen molar-refractivity contribution in [1.82, 2.24) is 9.97 Å². The van der Waals surface area contributed by atoms with E-state index in [9.17, 15) is 14.0 Å². The van der Waals surface area contributed by atoms with Crippen molar-refractivity contribution >= 4 is 29.8 Å². The number of carbonyl (C=O) groups excluding carboxylic acids is 2. The topological polar surface area (TPSA) is 112 Å². The van der Waals surface area contributed by atoms with Crippen LogP contribution in [-0.4, -0.2) is 53.2 Å². The van der Waals surface area contributed by atoms with Crippen molar-refractivity contribution in [3.63, 3.8) is 0 Å². The Bertz CT molecular complexity index is 1140. The molecule has 1 fully saturated rings. The van der Waals surface area contributed by atoms with Gasteiger partial charge in [-0.2, -0.15) is 9.37 Å². The second-order valence-corrected chi connectivity index (χ2v) is 12.4. The van der Waals surface area contributed by atoms with Crippen LogP contribution in [0.15, 0.2) is 4.99 Å². The fraction of sp³-hybridized carbons (Fsp3) is 0.743. The van der Waals surface area contributed by atoms with Gasteiger partial charge in [-0.25, -0.2) is 9.78 Å². The molecule has 2 aliphatic rings. The summed E-state index contributed by atoms with van der Waals surface area (Å²) in [5, 5.41) is 2.72. The summed E-state index contributed by atoms with van der Waals surface area (Å²) in [6, 6.07) is 0. The number of anilines is 1. The van der Waals surface area contributed by atoms with Gasteiger partial charge in [-0.3, -0.25) is 9.79 Å². The molecule has 3 rings (SSSR count). The second kappa shape index (κ2) is 20.1. The molecule has 1 saturated heterocycles. The van der Waals surface area contributed by atoms with E-state index in [0.29, 0.717) is 50.1 Å². The Morgan fingerprint density at radius 3 is 2.33 bits per heavy atom. The maximum absolute atomic E-state index is 14.3. The quantitative estimate of drug-likeness (QED) is 0.0668. The van der Waals surface area contributed by atoms with Gasteiger partial charge in [0.25, 0.3) is 0 Å². The summed E-state index contributed by atoms with van der Waals surface area (Å²) in [6.45, 7) is 4.57. The fourth-order valence-corrected chi connectivity index (χ4v) is 5.91. The highest BCUT2D eigenvalue weighted by molar-refractivity contribution is 5.93. The van der Waals surface area contributed by atoms with Crippen LogP contribution < -0.4 is 5.32 Å². The predicted octanol–water partition coefficient (Wildman–Crippen LogP) is 8.41. The minimum Gasteiger partial charge on any atom is -0.434 e. The largest absolute Gasteiger partial charge is 0.508 e. The van der Waals surface area contributed by atoms with Crippen molar-refractivity contribution in [2.24, 2.45) is 10.9 Å². The molecule has 0 spiro atoms. The summed E-state index contributed by atoms with van der Waals surface area (Å²) < 4.78 is 31.2. The number of amides is 1. The Morgan fingerprint density at radius 2 is 1.64 bits per heavy atom. The van der Waals surface area contributed by atoms with Gasteiger partial charge in [-0.05, 0) is 38.5 Å². The van der Waals surface area contributed by atoms with Crippen LogP contribution in [0, 0.1) is 24.3 Å². The number of hydrogen-bond donors (Lipinski definition) is 1. The van der Waals surface area contributed by atoms with E-state index in [1.807, 2.05) is 0 Å². The molecule has 1 aromatic heterocycles. The first-order valence-electron chi connectivity index (χ1n) is 17.2. The maximum atomic E-state index is 14.3. The van der Waals surface area contributed by atoms with Crippen molar-refractivity contribution in [3.8, 4) is 12.3 Å². The van der Waals surface area contributed by atoms with Gasteiger partial charge in [0, 0.05) is 18.6 Å². The van der Waals surface area contributed by atoms with E-state index in [2.05, 4.69) is 40.0 Å². The van der Waals surface area contributed by atoms with E-state index in [1.165, 1.54) is 44.9 Å². The lowest BCUT2D eigenvalue weighted by Gasteiger charge is -2.25. The molecule has 0 aliphatic carbocycles. The van der Waals surface area contributed by atoms with Crippen LogP contribution in [0.2, 0.25) is 0 Å². The van der Waals surface area contributed by atoms with Crippen molar-refractivity contribution < 1.29 is 28.2 Å². The number of nitrogens with one attached hydrogen (secondary N) is 1. The molecule has 3 atom stereocenters. The Balaban J connectivity index is 1.42. The zero-order valence-electron chi connectivity index (χ0n) is 27.4. The Labute approximate surface area is 268 Å².